The molecule has 0 unspecified atom stereocenters. The Morgan fingerprint density at radius 1 is 1.35 bits per heavy atom. The Bertz CT molecular complexity index is 394. The van der Waals surface area contributed by atoms with Gasteiger partial charge in [0, 0.05) is 11.9 Å². The van der Waals surface area contributed by atoms with Crippen LogP contribution < -0.4 is 4.74 Å². The largest absolute Gasteiger partial charge is 0.472 e. The molecule has 7 heteroatoms. The minimum Gasteiger partial charge on any atom is -0.472 e. The molecular weight excluding hydrogens is 249 g/mol. The van der Waals surface area contributed by atoms with E-state index in [1.165, 1.54) is 18.3 Å². The van der Waals surface area contributed by atoms with E-state index in [-0.39, 0.29) is 11.5 Å². The molecular formula is C10H12FNO4S. The summed E-state index contributed by atoms with van der Waals surface area (Å²) in [5.74, 6) is -0.654. The molecule has 1 aromatic rings. The van der Waals surface area contributed by atoms with Crippen LogP contribution in [0.1, 0.15) is 0 Å². The van der Waals surface area contributed by atoms with Gasteiger partial charge in [0.1, 0.15) is 12.2 Å². The van der Waals surface area contributed by atoms with Crippen LogP contribution in [0.15, 0.2) is 18.3 Å². The number of ether oxygens (including phenoxy) is 1. The van der Waals surface area contributed by atoms with Crippen LogP contribution in [0.3, 0.4) is 0 Å². The second-order valence-electron chi connectivity index (χ2n) is 3.66. The summed E-state index contributed by atoms with van der Waals surface area (Å²) in [5, 5.41) is 28.4. The lowest BCUT2D eigenvalue weighted by atomic mass is 10.1. The summed E-state index contributed by atoms with van der Waals surface area (Å²) in [5.41, 5.74) is -0.827. The number of hydrogen-bond acceptors (Lipinski definition) is 6. The Morgan fingerprint density at radius 2 is 2.12 bits per heavy atom. The van der Waals surface area contributed by atoms with Crippen molar-refractivity contribution in [1.29, 1.82) is 0 Å². The monoisotopic (exact) mass is 261 g/mol. The van der Waals surface area contributed by atoms with E-state index >= 15 is 0 Å². The summed E-state index contributed by atoms with van der Waals surface area (Å²) in [6.07, 6.45) is -2.29. The van der Waals surface area contributed by atoms with Crippen molar-refractivity contribution in [3.8, 4) is 5.75 Å². The van der Waals surface area contributed by atoms with E-state index in [2.05, 4.69) is 4.98 Å². The van der Waals surface area contributed by atoms with E-state index < -0.39 is 29.7 Å². The Kier molecular flexibility index (Phi) is 3.82. The number of thioether (sulfide) groups is 1. The van der Waals surface area contributed by atoms with Crippen molar-refractivity contribution in [2.45, 2.75) is 23.7 Å². The molecule has 1 fully saturated rings. The summed E-state index contributed by atoms with van der Waals surface area (Å²) in [6, 6.07) is 2.89. The Labute approximate surface area is 101 Å². The maximum Gasteiger partial charge on any atom is 0.255 e. The van der Waals surface area contributed by atoms with Crippen molar-refractivity contribution < 1.29 is 24.4 Å². The molecule has 5 nitrogen and oxygen atoms in total. The first-order valence-electron chi connectivity index (χ1n) is 5.02. The number of nitrogens with zero attached hydrogens (tertiary/aromatic N) is 1. The van der Waals surface area contributed by atoms with E-state index in [0.29, 0.717) is 0 Å². The number of aromatic nitrogens is 1. The van der Waals surface area contributed by atoms with Gasteiger partial charge >= 0.3 is 0 Å². The molecule has 0 aliphatic carbocycles. The number of aliphatic hydroxyl groups excluding tert-OH is 3. The van der Waals surface area contributed by atoms with Crippen LogP contribution in [-0.4, -0.2) is 49.8 Å². The fourth-order valence-electron chi connectivity index (χ4n) is 1.47. The number of pyridine rings is 1. The molecule has 3 N–H and O–H groups in total. The Morgan fingerprint density at radius 3 is 2.82 bits per heavy atom. The summed E-state index contributed by atoms with van der Waals surface area (Å²) in [4.78, 5) is 3.41. The predicted octanol–water partition coefficient (Wildman–Crippen LogP) is -0.245. The lowest BCUT2D eigenvalue weighted by Gasteiger charge is -2.34. The fourth-order valence-corrected chi connectivity index (χ4v) is 2.58. The zero-order valence-corrected chi connectivity index (χ0v) is 9.55. The molecule has 2 heterocycles. The molecule has 4 atom stereocenters. The normalized spacial score (nSPS) is 33.4. The average molecular weight is 261 g/mol. The van der Waals surface area contributed by atoms with E-state index in [0.717, 1.165) is 11.8 Å². The van der Waals surface area contributed by atoms with E-state index in [9.17, 15) is 19.7 Å². The van der Waals surface area contributed by atoms with Crippen LogP contribution in [0.25, 0.3) is 0 Å². The molecule has 0 amide bonds. The highest BCUT2D eigenvalue weighted by Crippen LogP contribution is 2.29. The lowest BCUT2D eigenvalue weighted by Crippen LogP contribution is -2.50. The summed E-state index contributed by atoms with van der Waals surface area (Å²) in [7, 11) is 0. The van der Waals surface area contributed by atoms with Crippen molar-refractivity contribution in [2.24, 2.45) is 0 Å². The quantitative estimate of drug-likeness (QED) is 0.637. The summed E-state index contributed by atoms with van der Waals surface area (Å²) < 4.78 is 18.4. The van der Waals surface area contributed by atoms with Gasteiger partial charge in [0.25, 0.3) is 5.95 Å². The maximum absolute atomic E-state index is 13.2. The molecule has 1 aliphatic heterocycles. The minimum atomic E-state index is -1.29. The van der Waals surface area contributed by atoms with E-state index in [4.69, 9.17) is 4.74 Å². The molecule has 0 aromatic carbocycles. The van der Waals surface area contributed by atoms with Gasteiger partial charge in [-0.2, -0.15) is 4.39 Å². The summed E-state index contributed by atoms with van der Waals surface area (Å²) in [6.45, 7) is 0. The maximum atomic E-state index is 13.2. The number of rotatable bonds is 2. The molecule has 94 valence electrons. The van der Waals surface area contributed by atoms with Crippen molar-refractivity contribution in [3.63, 3.8) is 0 Å². The van der Waals surface area contributed by atoms with Gasteiger partial charge < -0.3 is 20.1 Å². The molecule has 0 saturated carbocycles. The average Bonchev–Trinajstić information content (AvgIpc) is 2.32. The topological polar surface area (TPSA) is 82.8 Å². The zero-order valence-electron chi connectivity index (χ0n) is 8.73. The van der Waals surface area contributed by atoms with Gasteiger partial charge in [-0.1, -0.05) is 0 Å². The number of aliphatic hydroxyl groups is 3. The van der Waals surface area contributed by atoms with Gasteiger partial charge in [0.2, 0.25) is 0 Å². The lowest BCUT2D eigenvalue weighted by molar-refractivity contribution is -0.0790. The van der Waals surface area contributed by atoms with Crippen molar-refractivity contribution >= 4 is 11.8 Å². The van der Waals surface area contributed by atoms with Gasteiger partial charge in [-0.15, -0.1) is 11.8 Å². The first-order valence-corrected chi connectivity index (χ1v) is 6.07. The van der Waals surface area contributed by atoms with E-state index in [1.807, 2.05) is 0 Å². The smallest absolute Gasteiger partial charge is 0.255 e. The van der Waals surface area contributed by atoms with Crippen molar-refractivity contribution in [3.05, 3.63) is 24.3 Å². The second-order valence-corrected chi connectivity index (χ2v) is 4.79. The van der Waals surface area contributed by atoms with Crippen LogP contribution in [-0.2, 0) is 0 Å². The Hall–Kier alpha value is -0.890. The first-order chi connectivity index (χ1) is 8.09. The third kappa shape index (κ3) is 2.68. The molecule has 0 radical (unpaired) electrons. The molecule has 0 bridgehead atoms. The van der Waals surface area contributed by atoms with Crippen molar-refractivity contribution in [2.75, 3.05) is 5.75 Å². The third-order valence-electron chi connectivity index (χ3n) is 2.42. The van der Waals surface area contributed by atoms with Crippen molar-refractivity contribution in [1.82, 2.24) is 4.98 Å². The highest BCUT2D eigenvalue weighted by Gasteiger charge is 2.38. The molecule has 1 aliphatic rings. The highest BCUT2D eigenvalue weighted by atomic mass is 32.2. The van der Waals surface area contributed by atoms with Crippen LogP contribution in [0.5, 0.6) is 5.75 Å². The molecule has 0 spiro atoms. The standard InChI is InChI=1S/C10H12FNO4S/c11-9-6(2-1-3-12-9)16-10-8(15)7(14)5(13)4-17-10/h1-3,5,7-8,10,13-15H,4H2/t5-,7+,8-,10+/m1/s1. The molecule has 1 saturated heterocycles. The SMILES string of the molecule is O[C@@H]1[C@@H](O)[C@@H](Oc2cccnc2F)SC[C@H]1O. The fraction of sp³-hybridized carbons (Fsp3) is 0.500. The summed E-state index contributed by atoms with van der Waals surface area (Å²) >= 11 is 1.11. The van der Waals surface area contributed by atoms with Crippen LogP contribution in [0, 0.1) is 5.95 Å². The molecule has 17 heavy (non-hydrogen) atoms. The Balaban J connectivity index is 2.07. The van der Waals surface area contributed by atoms with Gasteiger partial charge in [-0.05, 0) is 12.1 Å². The second kappa shape index (κ2) is 5.18. The van der Waals surface area contributed by atoms with Gasteiger partial charge in [-0.25, -0.2) is 4.98 Å². The van der Waals surface area contributed by atoms with Crippen LogP contribution in [0.2, 0.25) is 0 Å². The zero-order chi connectivity index (χ0) is 12.4. The van der Waals surface area contributed by atoms with E-state index in [1.54, 1.807) is 0 Å². The number of halogens is 1. The predicted molar refractivity (Wildman–Crippen MR) is 59.1 cm³/mol. The molecule has 1 aromatic heterocycles. The van der Waals surface area contributed by atoms with Gasteiger partial charge in [0.05, 0.1) is 6.10 Å². The van der Waals surface area contributed by atoms with Gasteiger partial charge in [0.15, 0.2) is 11.2 Å². The minimum absolute atomic E-state index is 0.0901. The van der Waals surface area contributed by atoms with Crippen LogP contribution >= 0.6 is 11.8 Å². The number of hydrogen-bond donors (Lipinski definition) is 3. The first kappa shape index (κ1) is 12.6. The highest BCUT2D eigenvalue weighted by molar-refractivity contribution is 7.99. The van der Waals surface area contributed by atoms with Gasteiger partial charge in [-0.3, -0.25) is 0 Å². The third-order valence-corrected chi connectivity index (χ3v) is 3.66. The van der Waals surface area contributed by atoms with Crippen LogP contribution in [0.4, 0.5) is 4.39 Å². The molecule has 2 rings (SSSR count).